The Hall–Kier alpha value is -1.09. The Labute approximate surface area is 103 Å². The molecule has 1 fully saturated rings. The minimum Gasteiger partial charge on any atom is -0.367 e. The van der Waals surface area contributed by atoms with E-state index in [1.165, 1.54) is 12.1 Å². The quantitative estimate of drug-likeness (QED) is 0.806. The van der Waals surface area contributed by atoms with Crippen molar-refractivity contribution in [2.75, 3.05) is 24.5 Å². The third-order valence-electron chi connectivity index (χ3n) is 3.33. The van der Waals surface area contributed by atoms with Crippen LogP contribution in [0.15, 0.2) is 24.3 Å². The standard InChI is InChI=1S/C14H21FN2/c1-11-8-16-9-14(2,3)10-17(11)13-6-4-12(15)5-7-13/h4-7,11,16H,8-10H2,1-3H3. The Morgan fingerprint density at radius 3 is 2.59 bits per heavy atom. The lowest BCUT2D eigenvalue weighted by Gasteiger charge is -2.34. The van der Waals surface area contributed by atoms with Crippen LogP contribution in [-0.4, -0.2) is 25.7 Å². The predicted octanol–water partition coefficient (Wildman–Crippen LogP) is 2.65. The summed E-state index contributed by atoms with van der Waals surface area (Å²) in [5, 5.41) is 3.48. The van der Waals surface area contributed by atoms with E-state index in [0.717, 1.165) is 25.3 Å². The van der Waals surface area contributed by atoms with Gasteiger partial charge in [-0.25, -0.2) is 4.39 Å². The fourth-order valence-electron chi connectivity index (χ4n) is 2.38. The first kappa shape index (κ1) is 12.4. The predicted molar refractivity (Wildman–Crippen MR) is 69.9 cm³/mol. The van der Waals surface area contributed by atoms with Gasteiger partial charge in [0.05, 0.1) is 0 Å². The zero-order chi connectivity index (χ0) is 12.5. The highest BCUT2D eigenvalue weighted by Gasteiger charge is 2.28. The first-order valence-corrected chi connectivity index (χ1v) is 6.21. The summed E-state index contributed by atoms with van der Waals surface area (Å²) < 4.78 is 13.0. The summed E-state index contributed by atoms with van der Waals surface area (Å²) in [6.07, 6.45) is 0. The van der Waals surface area contributed by atoms with Crippen LogP contribution in [0.2, 0.25) is 0 Å². The van der Waals surface area contributed by atoms with Gasteiger partial charge in [-0.3, -0.25) is 0 Å². The van der Waals surface area contributed by atoms with Crippen LogP contribution in [0.3, 0.4) is 0 Å². The van der Waals surface area contributed by atoms with E-state index < -0.39 is 0 Å². The van der Waals surface area contributed by atoms with Crippen molar-refractivity contribution in [3.05, 3.63) is 30.1 Å². The molecule has 1 unspecified atom stereocenters. The van der Waals surface area contributed by atoms with E-state index in [2.05, 4.69) is 31.0 Å². The molecule has 1 aliphatic rings. The van der Waals surface area contributed by atoms with Gasteiger partial charge in [-0.1, -0.05) is 13.8 Å². The Morgan fingerprint density at radius 1 is 1.29 bits per heavy atom. The van der Waals surface area contributed by atoms with E-state index in [4.69, 9.17) is 0 Å². The number of hydrogen-bond donors (Lipinski definition) is 1. The molecule has 2 rings (SSSR count). The first-order valence-electron chi connectivity index (χ1n) is 6.21. The van der Waals surface area contributed by atoms with Gasteiger partial charge >= 0.3 is 0 Å². The second kappa shape index (κ2) is 4.65. The molecule has 1 aliphatic heterocycles. The molecular weight excluding hydrogens is 215 g/mol. The van der Waals surface area contributed by atoms with Crippen LogP contribution in [-0.2, 0) is 0 Å². The molecule has 1 heterocycles. The van der Waals surface area contributed by atoms with E-state index in [9.17, 15) is 4.39 Å². The van der Waals surface area contributed by atoms with Crippen molar-refractivity contribution in [1.82, 2.24) is 5.32 Å². The Bertz CT molecular complexity index is 372. The van der Waals surface area contributed by atoms with E-state index in [0.29, 0.717) is 6.04 Å². The maximum atomic E-state index is 13.0. The summed E-state index contributed by atoms with van der Waals surface area (Å²) in [4.78, 5) is 2.36. The lowest BCUT2D eigenvalue weighted by molar-refractivity contribution is 0.369. The average Bonchev–Trinajstić information content (AvgIpc) is 2.39. The zero-order valence-corrected chi connectivity index (χ0v) is 10.8. The number of nitrogens with zero attached hydrogens (tertiary/aromatic N) is 1. The molecule has 1 N–H and O–H groups in total. The second-order valence-electron chi connectivity index (χ2n) is 5.75. The Kier molecular flexibility index (Phi) is 3.38. The number of rotatable bonds is 1. The number of halogens is 1. The van der Waals surface area contributed by atoms with Crippen LogP contribution in [0.4, 0.5) is 10.1 Å². The number of hydrogen-bond acceptors (Lipinski definition) is 2. The van der Waals surface area contributed by atoms with Crippen LogP contribution in [0.1, 0.15) is 20.8 Å². The smallest absolute Gasteiger partial charge is 0.123 e. The highest BCUT2D eigenvalue weighted by molar-refractivity contribution is 5.47. The van der Waals surface area contributed by atoms with Crippen molar-refractivity contribution in [3.63, 3.8) is 0 Å². The number of nitrogens with one attached hydrogen (secondary N) is 1. The molecular formula is C14H21FN2. The van der Waals surface area contributed by atoms with Gasteiger partial charge in [0.1, 0.15) is 5.82 Å². The Morgan fingerprint density at radius 2 is 1.94 bits per heavy atom. The molecule has 17 heavy (non-hydrogen) atoms. The zero-order valence-electron chi connectivity index (χ0n) is 10.8. The van der Waals surface area contributed by atoms with Crippen molar-refractivity contribution in [1.29, 1.82) is 0 Å². The van der Waals surface area contributed by atoms with E-state index in [1.807, 2.05) is 12.1 Å². The monoisotopic (exact) mass is 236 g/mol. The fourth-order valence-corrected chi connectivity index (χ4v) is 2.38. The Balaban J connectivity index is 2.24. The van der Waals surface area contributed by atoms with Crippen molar-refractivity contribution in [3.8, 4) is 0 Å². The molecule has 3 heteroatoms. The topological polar surface area (TPSA) is 15.3 Å². The highest BCUT2D eigenvalue weighted by Crippen LogP contribution is 2.26. The molecule has 0 bridgehead atoms. The maximum absolute atomic E-state index is 13.0. The lowest BCUT2D eigenvalue weighted by Crippen LogP contribution is -2.39. The molecule has 0 aliphatic carbocycles. The van der Waals surface area contributed by atoms with E-state index in [1.54, 1.807) is 0 Å². The van der Waals surface area contributed by atoms with E-state index in [-0.39, 0.29) is 11.2 Å². The van der Waals surface area contributed by atoms with Crippen LogP contribution < -0.4 is 10.2 Å². The molecule has 1 atom stereocenters. The average molecular weight is 236 g/mol. The van der Waals surface area contributed by atoms with Gasteiger partial charge in [-0.15, -0.1) is 0 Å². The van der Waals surface area contributed by atoms with Gasteiger partial charge in [0, 0.05) is 31.4 Å². The van der Waals surface area contributed by atoms with Crippen LogP contribution in [0.25, 0.3) is 0 Å². The molecule has 94 valence electrons. The maximum Gasteiger partial charge on any atom is 0.123 e. The van der Waals surface area contributed by atoms with Crippen molar-refractivity contribution < 1.29 is 4.39 Å². The normalized spacial score (nSPS) is 24.5. The highest BCUT2D eigenvalue weighted by atomic mass is 19.1. The fraction of sp³-hybridized carbons (Fsp3) is 0.571. The van der Waals surface area contributed by atoms with Crippen molar-refractivity contribution in [2.24, 2.45) is 5.41 Å². The lowest BCUT2D eigenvalue weighted by atomic mass is 9.93. The summed E-state index contributed by atoms with van der Waals surface area (Å²) in [6.45, 7) is 9.71. The largest absolute Gasteiger partial charge is 0.367 e. The molecule has 0 amide bonds. The van der Waals surface area contributed by atoms with Gasteiger partial charge in [0.15, 0.2) is 0 Å². The van der Waals surface area contributed by atoms with Crippen LogP contribution in [0, 0.1) is 11.2 Å². The van der Waals surface area contributed by atoms with Gasteiger partial charge in [-0.05, 0) is 36.6 Å². The molecule has 0 saturated carbocycles. The summed E-state index contributed by atoms with van der Waals surface area (Å²) in [7, 11) is 0. The van der Waals surface area contributed by atoms with Gasteiger partial charge in [0.25, 0.3) is 0 Å². The molecule has 0 aromatic heterocycles. The molecule has 1 aromatic carbocycles. The van der Waals surface area contributed by atoms with Crippen LogP contribution >= 0.6 is 0 Å². The third-order valence-corrected chi connectivity index (χ3v) is 3.33. The second-order valence-corrected chi connectivity index (χ2v) is 5.75. The van der Waals surface area contributed by atoms with Crippen molar-refractivity contribution in [2.45, 2.75) is 26.8 Å². The van der Waals surface area contributed by atoms with Crippen molar-refractivity contribution >= 4 is 5.69 Å². The first-order chi connectivity index (χ1) is 7.98. The van der Waals surface area contributed by atoms with Gasteiger partial charge in [-0.2, -0.15) is 0 Å². The molecule has 1 aromatic rings. The summed E-state index contributed by atoms with van der Waals surface area (Å²) in [6, 6.07) is 7.24. The van der Waals surface area contributed by atoms with Gasteiger partial charge in [0.2, 0.25) is 0 Å². The van der Waals surface area contributed by atoms with E-state index >= 15 is 0 Å². The SMILES string of the molecule is CC1CNCC(C)(C)CN1c1ccc(F)cc1. The molecule has 2 nitrogen and oxygen atoms in total. The van der Waals surface area contributed by atoms with Gasteiger partial charge < -0.3 is 10.2 Å². The number of benzene rings is 1. The molecule has 1 saturated heterocycles. The van der Waals surface area contributed by atoms with Crippen LogP contribution in [0.5, 0.6) is 0 Å². The third kappa shape index (κ3) is 2.97. The number of anilines is 1. The minimum absolute atomic E-state index is 0.173. The summed E-state index contributed by atoms with van der Waals surface area (Å²) >= 11 is 0. The summed E-state index contributed by atoms with van der Waals surface area (Å²) in [5.74, 6) is -0.173. The molecule has 0 spiro atoms. The summed E-state index contributed by atoms with van der Waals surface area (Å²) in [5.41, 5.74) is 1.34. The minimum atomic E-state index is -0.173. The molecule has 0 radical (unpaired) electrons.